The molecule has 0 aliphatic rings. The first-order valence-corrected chi connectivity index (χ1v) is 6.16. The lowest BCUT2D eigenvalue weighted by Crippen LogP contribution is -2.29. The molecule has 2 rings (SSSR count). The zero-order valence-corrected chi connectivity index (χ0v) is 11.4. The van der Waals surface area contributed by atoms with Gasteiger partial charge in [-0.2, -0.15) is 0 Å². The smallest absolute Gasteiger partial charge is 0.254 e. The molecule has 0 unspecified atom stereocenters. The van der Waals surface area contributed by atoms with Crippen LogP contribution in [0.25, 0.3) is 0 Å². The molecule has 0 spiro atoms. The van der Waals surface area contributed by atoms with Crippen LogP contribution in [-0.4, -0.2) is 15.5 Å². The van der Waals surface area contributed by atoms with E-state index in [1.165, 1.54) is 10.6 Å². The van der Waals surface area contributed by atoms with Crippen LogP contribution in [0.2, 0.25) is 0 Å². The Hall–Kier alpha value is -2.63. The lowest BCUT2D eigenvalue weighted by Gasteiger charge is -2.10. The maximum absolute atomic E-state index is 11.9. The first-order chi connectivity index (χ1) is 9.45. The number of aromatic nitrogens is 2. The van der Waals surface area contributed by atoms with Crippen LogP contribution in [0, 0.1) is 13.8 Å². The van der Waals surface area contributed by atoms with Crippen molar-refractivity contribution in [3.05, 3.63) is 52.2 Å². The van der Waals surface area contributed by atoms with Gasteiger partial charge in [0.2, 0.25) is 5.91 Å². The van der Waals surface area contributed by atoms with E-state index in [1.54, 1.807) is 38.1 Å². The van der Waals surface area contributed by atoms with Crippen LogP contribution >= 0.6 is 0 Å². The predicted octanol–water partition coefficient (Wildman–Crippen LogP) is 1.08. The predicted molar refractivity (Wildman–Crippen MR) is 77.5 cm³/mol. The van der Waals surface area contributed by atoms with E-state index >= 15 is 0 Å². The second-order valence-electron chi connectivity index (χ2n) is 4.54. The number of hydrogen-bond acceptors (Lipinski definition) is 4. The summed E-state index contributed by atoms with van der Waals surface area (Å²) in [6.45, 7) is 3.38. The normalized spacial score (nSPS) is 10.3. The Kier molecular flexibility index (Phi) is 3.84. The molecule has 1 aromatic carbocycles. The van der Waals surface area contributed by atoms with Gasteiger partial charge in [0.1, 0.15) is 12.4 Å². The molecule has 0 fully saturated rings. The van der Waals surface area contributed by atoms with Gasteiger partial charge in [0.15, 0.2) is 0 Å². The van der Waals surface area contributed by atoms with Gasteiger partial charge >= 0.3 is 0 Å². The van der Waals surface area contributed by atoms with Gasteiger partial charge in [-0.1, -0.05) is 0 Å². The fourth-order valence-electron chi connectivity index (χ4n) is 1.87. The summed E-state index contributed by atoms with van der Waals surface area (Å²) in [4.78, 5) is 27.9. The van der Waals surface area contributed by atoms with Crippen molar-refractivity contribution in [1.82, 2.24) is 9.55 Å². The van der Waals surface area contributed by atoms with Gasteiger partial charge < -0.3 is 11.1 Å². The fraction of sp³-hybridized carbons (Fsp3) is 0.214. The largest absolute Gasteiger partial charge is 0.399 e. The Morgan fingerprint density at radius 3 is 2.55 bits per heavy atom. The van der Waals surface area contributed by atoms with Crippen molar-refractivity contribution in [1.29, 1.82) is 0 Å². The van der Waals surface area contributed by atoms with E-state index in [0.29, 0.717) is 22.9 Å². The lowest BCUT2D eigenvalue weighted by molar-refractivity contribution is -0.116. The Labute approximate surface area is 116 Å². The SMILES string of the molecule is Cc1cc(=O)n(CC(=O)Nc2ccc(N)cc2)c(C)n1. The highest BCUT2D eigenvalue weighted by Crippen LogP contribution is 2.10. The van der Waals surface area contributed by atoms with Crippen LogP contribution in [0.3, 0.4) is 0 Å². The van der Waals surface area contributed by atoms with E-state index in [0.717, 1.165) is 0 Å². The number of hydrogen-bond donors (Lipinski definition) is 2. The summed E-state index contributed by atoms with van der Waals surface area (Å²) in [5, 5.41) is 2.70. The third kappa shape index (κ3) is 3.23. The van der Waals surface area contributed by atoms with Crippen LogP contribution < -0.4 is 16.6 Å². The van der Waals surface area contributed by atoms with Gasteiger partial charge in [-0.25, -0.2) is 4.98 Å². The molecule has 1 aromatic heterocycles. The summed E-state index contributed by atoms with van der Waals surface area (Å²) in [7, 11) is 0. The first-order valence-electron chi connectivity index (χ1n) is 6.16. The Morgan fingerprint density at radius 1 is 1.30 bits per heavy atom. The van der Waals surface area contributed by atoms with Crippen molar-refractivity contribution in [3.63, 3.8) is 0 Å². The summed E-state index contributed by atoms with van der Waals surface area (Å²) in [6, 6.07) is 8.21. The Morgan fingerprint density at radius 2 is 1.95 bits per heavy atom. The van der Waals surface area contributed by atoms with Crippen LogP contribution in [0.1, 0.15) is 11.5 Å². The number of anilines is 2. The number of carbonyl (C=O) groups is 1. The number of nitrogens with one attached hydrogen (secondary N) is 1. The third-order valence-electron chi connectivity index (χ3n) is 2.82. The molecule has 0 atom stereocenters. The van der Waals surface area contributed by atoms with Gasteiger partial charge in [-0.05, 0) is 38.1 Å². The highest BCUT2D eigenvalue weighted by Gasteiger charge is 2.08. The summed E-state index contributed by atoms with van der Waals surface area (Å²) in [6.07, 6.45) is 0. The molecule has 0 bridgehead atoms. The average molecular weight is 272 g/mol. The molecule has 6 heteroatoms. The first kappa shape index (κ1) is 13.8. The van der Waals surface area contributed by atoms with Gasteiger partial charge in [-0.15, -0.1) is 0 Å². The zero-order chi connectivity index (χ0) is 14.7. The highest BCUT2D eigenvalue weighted by atomic mass is 16.2. The molecule has 104 valence electrons. The van der Waals surface area contributed by atoms with E-state index in [2.05, 4.69) is 10.3 Å². The molecule has 2 aromatic rings. The van der Waals surface area contributed by atoms with Crippen LogP contribution in [0.15, 0.2) is 35.1 Å². The molecule has 0 aliphatic carbocycles. The van der Waals surface area contributed by atoms with E-state index in [9.17, 15) is 9.59 Å². The lowest BCUT2D eigenvalue weighted by atomic mass is 10.3. The van der Waals surface area contributed by atoms with E-state index < -0.39 is 0 Å². The quantitative estimate of drug-likeness (QED) is 0.818. The standard InChI is InChI=1S/C14H16N4O2/c1-9-7-14(20)18(10(2)16-9)8-13(19)17-12-5-3-11(15)4-6-12/h3-7H,8,15H2,1-2H3,(H,17,19). The van der Waals surface area contributed by atoms with Gasteiger partial charge in [0.25, 0.3) is 5.56 Å². The average Bonchev–Trinajstić information content (AvgIpc) is 2.36. The molecule has 1 heterocycles. The Bertz CT molecular complexity index is 689. The topological polar surface area (TPSA) is 90.0 Å². The van der Waals surface area contributed by atoms with E-state index in [-0.39, 0.29) is 18.0 Å². The minimum atomic E-state index is -0.286. The van der Waals surface area contributed by atoms with E-state index in [1.807, 2.05) is 0 Å². The highest BCUT2D eigenvalue weighted by molar-refractivity contribution is 5.90. The molecule has 1 amide bonds. The van der Waals surface area contributed by atoms with Crippen LogP contribution in [0.5, 0.6) is 0 Å². The molecule has 0 aliphatic heterocycles. The molecule has 0 saturated heterocycles. The number of aryl methyl sites for hydroxylation is 2. The maximum atomic E-state index is 11.9. The molecule has 6 nitrogen and oxygen atoms in total. The van der Waals surface area contributed by atoms with Crippen molar-refractivity contribution in [3.8, 4) is 0 Å². The minimum absolute atomic E-state index is 0.0671. The minimum Gasteiger partial charge on any atom is -0.399 e. The summed E-state index contributed by atoms with van der Waals surface area (Å²) in [5.74, 6) is 0.230. The molecule has 3 N–H and O–H groups in total. The Balaban J connectivity index is 2.12. The molecule has 0 radical (unpaired) electrons. The second kappa shape index (κ2) is 5.56. The number of nitrogen functional groups attached to an aromatic ring is 1. The number of benzene rings is 1. The van der Waals surface area contributed by atoms with E-state index in [4.69, 9.17) is 5.73 Å². The molecular formula is C14H16N4O2. The number of amides is 1. The number of nitrogens with two attached hydrogens (primary N) is 1. The van der Waals surface area contributed by atoms with Crippen LogP contribution in [0.4, 0.5) is 11.4 Å². The van der Waals surface area contributed by atoms with Gasteiger partial charge in [-0.3, -0.25) is 14.2 Å². The summed E-state index contributed by atoms with van der Waals surface area (Å²) < 4.78 is 1.33. The van der Waals surface area contributed by atoms with Crippen molar-refractivity contribution < 1.29 is 4.79 Å². The molecule has 20 heavy (non-hydrogen) atoms. The monoisotopic (exact) mass is 272 g/mol. The van der Waals surface area contributed by atoms with Crippen molar-refractivity contribution in [2.24, 2.45) is 0 Å². The molecular weight excluding hydrogens is 256 g/mol. The number of rotatable bonds is 3. The molecule has 0 saturated carbocycles. The fourth-order valence-corrected chi connectivity index (χ4v) is 1.87. The maximum Gasteiger partial charge on any atom is 0.254 e. The summed E-state index contributed by atoms with van der Waals surface area (Å²) in [5.41, 5.74) is 7.23. The third-order valence-corrected chi connectivity index (χ3v) is 2.82. The van der Waals surface area contributed by atoms with Crippen molar-refractivity contribution in [2.75, 3.05) is 11.1 Å². The van der Waals surface area contributed by atoms with Gasteiger partial charge in [0.05, 0.1) is 0 Å². The number of carbonyl (C=O) groups excluding carboxylic acids is 1. The summed E-state index contributed by atoms with van der Waals surface area (Å²) >= 11 is 0. The zero-order valence-electron chi connectivity index (χ0n) is 11.4. The van der Waals surface area contributed by atoms with Gasteiger partial charge in [0, 0.05) is 23.1 Å². The van der Waals surface area contributed by atoms with Crippen molar-refractivity contribution in [2.45, 2.75) is 20.4 Å². The second-order valence-corrected chi connectivity index (χ2v) is 4.54. The number of nitrogens with zero attached hydrogens (tertiary/aromatic N) is 2. The van der Waals surface area contributed by atoms with Crippen molar-refractivity contribution >= 4 is 17.3 Å². The van der Waals surface area contributed by atoms with Crippen LogP contribution in [-0.2, 0) is 11.3 Å².